The van der Waals surface area contributed by atoms with Gasteiger partial charge in [0, 0.05) is 31.1 Å². The van der Waals surface area contributed by atoms with Crippen LogP contribution in [0.25, 0.3) is 0 Å². The van der Waals surface area contributed by atoms with Crippen molar-refractivity contribution in [3.8, 4) is 0 Å². The zero-order valence-electron chi connectivity index (χ0n) is 22.1. The van der Waals surface area contributed by atoms with Gasteiger partial charge in [-0.25, -0.2) is 0 Å². The van der Waals surface area contributed by atoms with Crippen molar-refractivity contribution in [3.63, 3.8) is 0 Å². The van der Waals surface area contributed by atoms with Crippen LogP contribution in [0.5, 0.6) is 0 Å². The minimum Gasteiger partial charge on any atom is -0.386 e. The average molecular weight is 461 g/mol. The quantitative estimate of drug-likeness (QED) is 0.617. The van der Waals surface area contributed by atoms with Gasteiger partial charge in [0.05, 0.1) is 46.4 Å². The van der Waals surface area contributed by atoms with Crippen LogP contribution in [0, 0.1) is 34.5 Å². The third kappa shape index (κ3) is 3.36. The Kier molecular flexibility index (Phi) is 5.58. The lowest BCUT2D eigenvalue weighted by molar-refractivity contribution is -0.943. The van der Waals surface area contributed by atoms with E-state index in [4.69, 9.17) is 4.74 Å². The van der Waals surface area contributed by atoms with Gasteiger partial charge < -0.3 is 18.8 Å². The first-order chi connectivity index (χ1) is 15.7. The Morgan fingerprint density at radius 1 is 0.758 bits per heavy atom. The number of likely N-dealkylation sites (N-methyl/N-ethyl adjacent to an activating group) is 1. The van der Waals surface area contributed by atoms with Crippen molar-refractivity contribution in [3.05, 3.63) is 0 Å². The summed E-state index contributed by atoms with van der Waals surface area (Å²) in [6, 6.07) is 1.35. The van der Waals surface area contributed by atoms with Gasteiger partial charge in [-0.05, 0) is 67.6 Å². The molecule has 0 bridgehead atoms. The number of hydrogen-bond acceptors (Lipinski definition) is 2. The number of likely N-dealkylation sites (tertiary alicyclic amines) is 1. The zero-order valence-corrected chi connectivity index (χ0v) is 22.1. The fourth-order valence-corrected chi connectivity index (χ4v) is 10.9. The first-order valence-electron chi connectivity index (χ1n) is 14.6. The third-order valence-corrected chi connectivity index (χ3v) is 13.4. The molecule has 0 spiro atoms. The van der Waals surface area contributed by atoms with Crippen LogP contribution >= 0.6 is 0 Å². The van der Waals surface area contributed by atoms with E-state index in [0.29, 0.717) is 11.5 Å². The Morgan fingerprint density at radius 3 is 2.18 bits per heavy atom. The van der Waals surface area contributed by atoms with Crippen molar-refractivity contribution in [2.24, 2.45) is 34.5 Å². The summed E-state index contributed by atoms with van der Waals surface area (Å²) in [7, 11) is 4.99. The van der Waals surface area contributed by atoms with E-state index in [9.17, 15) is 5.11 Å². The van der Waals surface area contributed by atoms with Crippen molar-refractivity contribution in [2.75, 3.05) is 53.5 Å². The van der Waals surface area contributed by atoms with Crippen LogP contribution in [0.3, 0.4) is 0 Å². The maximum Gasteiger partial charge on any atom is 0.116 e. The van der Waals surface area contributed by atoms with Crippen molar-refractivity contribution < 1.29 is 18.8 Å². The molecule has 2 heterocycles. The number of hydrogen-bond donors (Lipinski definition) is 1. The molecule has 0 radical (unpaired) electrons. The zero-order chi connectivity index (χ0) is 23.1. The molecule has 0 aromatic rings. The van der Waals surface area contributed by atoms with Crippen LogP contribution in [0.4, 0.5) is 0 Å². The van der Waals surface area contributed by atoms with E-state index in [0.717, 1.165) is 60.5 Å². The first-order valence-corrected chi connectivity index (χ1v) is 14.6. The highest BCUT2D eigenvalue weighted by Gasteiger charge is 2.65. The van der Waals surface area contributed by atoms with Gasteiger partial charge >= 0.3 is 0 Å². The summed E-state index contributed by atoms with van der Waals surface area (Å²) < 4.78 is 8.14. The van der Waals surface area contributed by atoms with E-state index in [1.165, 1.54) is 81.8 Å². The molecule has 2 aliphatic heterocycles. The lowest BCUT2D eigenvalue weighted by Gasteiger charge is -2.61. The fourth-order valence-electron chi connectivity index (χ4n) is 10.9. The van der Waals surface area contributed by atoms with Gasteiger partial charge in [-0.1, -0.05) is 13.8 Å². The van der Waals surface area contributed by atoms with Crippen molar-refractivity contribution >= 4 is 0 Å². The summed E-state index contributed by atoms with van der Waals surface area (Å²) in [6.45, 7) is 12.0. The third-order valence-electron chi connectivity index (χ3n) is 13.4. The normalized spacial score (nSPS) is 53.2. The highest BCUT2D eigenvalue weighted by Crippen LogP contribution is 2.67. The van der Waals surface area contributed by atoms with E-state index in [1.54, 1.807) is 0 Å². The number of nitrogens with zero attached hydrogens (tertiary/aromatic N) is 2. The Balaban J connectivity index is 1.22. The molecule has 1 N–H and O–H groups in total. The van der Waals surface area contributed by atoms with Gasteiger partial charge in [0.2, 0.25) is 0 Å². The summed E-state index contributed by atoms with van der Waals surface area (Å²) in [5.41, 5.74) is 0.695. The highest BCUT2D eigenvalue weighted by molar-refractivity contribution is 5.12. The topological polar surface area (TPSA) is 29.5 Å². The van der Waals surface area contributed by atoms with Crippen LogP contribution in [-0.4, -0.2) is 85.7 Å². The summed E-state index contributed by atoms with van der Waals surface area (Å²) in [5.74, 6) is 3.43. The first kappa shape index (κ1) is 23.3. The smallest absolute Gasteiger partial charge is 0.116 e. The van der Waals surface area contributed by atoms with Gasteiger partial charge in [0.25, 0.3) is 0 Å². The molecule has 188 valence electrons. The Morgan fingerprint density at radius 2 is 1.45 bits per heavy atom. The average Bonchev–Trinajstić information content (AvgIpc) is 3.36. The van der Waals surface area contributed by atoms with Crippen LogP contribution in [-0.2, 0) is 4.74 Å². The standard InChI is InChI=1S/C29H52N2O2/c1-28-11-9-22(30(3)13-5-6-14-30)19-21(28)7-8-23-24(28)10-12-29(2)25(23)20-26(27(29)32)31(4)15-17-33-18-16-31/h21-27,32H,5-20H2,1-4H3/q+2/t21-,22-,23+,24-,25-,26-,27-,28-,29-/m0/s1. The number of rotatable bonds is 2. The number of quaternary nitrogens is 2. The number of morpholine rings is 1. The fraction of sp³-hybridized carbons (Fsp3) is 1.00. The van der Waals surface area contributed by atoms with Crippen LogP contribution < -0.4 is 0 Å². The molecular formula is C29H52N2O2+2. The van der Waals surface area contributed by atoms with Crippen molar-refractivity contribution in [2.45, 2.75) is 96.2 Å². The Labute approximate surface area is 203 Å². The molecule has 2 saturated heterocycles. The minimum absolute atomic E-state index is 0.132. The molecule has 4 nitrogen and oxygen atoms in total. The van der Waals surface area contributed by atoms with Gasteiger partial charge in [0.15, 0.2) is 0 Å². The molecule has 6 aliphatic rings. The van der Waals surface area contributed by atoms with Gasteiger partial charge in [-0.2, -0.15) is 0 Å². The number of fused-ring (bicyclic) bond motifs is 5. The molecule has 6 rings (SSSR count). The second-order valence-electron chi connectivity index (χ2n) is 14.6. The molecule has 9 atom stereocenters. The Hall–Kier alpha value is -0.160. The largest absolute Gasteiger partial charge is 0.386 e. The predicted octanol–water partition coefficient (Wildman–Crippen LogP) is 4.45. The predicted molar refractivity (Wildman–Crippen MR) is 133 cm³/mol. The van der Waals surface area contributed by atoms with Gasteiger partial charge in [0.1, 0.15) is 25.2 Å². The van der Waals surface area contributed by atoms with E-state index in [2.05, 4.69) is 27.9 Å². The summed E-state index contributed by atoms with van der Waals surface area (Å²) in [4.78, 5) is 0. The van der Waals surface area contributed by atoms with E-state index in [1.807, 2.05) is 0 Å². The molecule has 6 fully saturated rings. The van der Waals surface area contributed by atoms with Crippen LogP contribution in [0.1, 0.15) is 78.1 Å². The van der Waals surface area contributed by atoms with Crippen molar-refractivity contribution in [1.82, 2.24) is 0 Å². The SMILES string of the molecule is C[C@]12CC[C@H]([N+]3(C)CCCC3)C[C@@H]1CC[C@@H]1[C@@H]2CC[C@]2(C)[C@@H](O)[C@@H]([N+]3(C)CCOCC3)C[C@@H]12. The maximum absolute atomic E-state index is 11.8. The summed E-state index contributed by atoms with van der Waals surface area (Å²) in [6.07, 6.45) is 14.0. The molecule has 4 heteroatoms. The molecular weight excluding hydrogens is 408 g/mol. The number of aliphatic hydroxyl groups excluding tert-OH is 1. The number of ether oxygens (including phenoxy) is 1. The molecule has 0 amide bonds. The monoisotopic (exact) mass is 460 g/mol. The second-order valence-corrected chi connectivity index (χ2v) is 14.6. The van der Waals surface area contributed by atoms with Gasteiger partial charge in [-0.15, -0.1) is 0 Å². The molecule has 4 aliphatic carbocycles. The van der Waals surface area contributed by atoms with Crippen LogP contribution in [0.2, 0.25) is 0 Å². The second kappa shape index (κ2) is 7.92. The molecule has 4 saturated carbocycles. The lowest BCUT2D eigenvalue weighted by atomic mass is 9.45. The molecule has 0 aromatic heterocycles. The Bertz CT molecular complexity index is 744. The van der Waals surface area contributed by atoms with E-state index in [-0.39, 0.29) is 11.5 Å². The van der Waals surface area contributed by atoms with Crippen LogP contribution in [0.15, 0.2) is 0 Å². The lowest BCUT2D eigenvalue weighted by Crippen LogP contribution is -2.61. The molecule has 0 aromatic carbocycles. The maximum atomic E-state index is 11.8. The summed E-state index contributed by atoms with van der Waals surface area (Å²) in [5, 5.41) is 11.8. The van der Waals surface area contributed by atoms with Crippen molar-refractivity contribution in [1.29, 1.82) is 0 Å². The van der Waals surface area contributed by atoms with E-state index >= 15 is 0 Å². The summed E-state index contributed by atoms with van der Waals surface area (Å²) >= 11 is 0. The van der Waals surface area contributed by atoms with Gasteiger partial charge in [-0.3, -0.25) is 0 Å². The molecule has 0 unspecified atom stereocenters. The minimum atomic E-state index is -0.132. The van der Waals surface area contributed by atoms with E-state index < -0.39 is 0 Å². The molecule has 33 heavy (non-hydrogen) atoms. The number of aliphatic hydroxyl groups is 1. The highest BCUT2D eigenvalue weighted by atomic mass is 16.5.